The maximum atomic E-state index is 10.8. The summed E-state index contributed by atoms with van der Waals surface area (Å²) in [4.78, 5) is 21.2. The minimum Gasteiger partial charge on any atom is -0.466 e. The molecule has 1 N–H and O–H groups in total. The molecule has 1 aliphatic rings. The van der Waals surface area contributed by atoms with Gasteiger partial charge in [0.15, 0.2) is 0 Å². The van der Waals surface area contributed by atoms with E-state index in [0.717, 1.165) is 0 Å². The predicted molar refractivity (Wildman–Crippen MR) is 37.8 cm³/mol. The third-order valence-electron chi connectivity index (χ3n) is 1.52. The van der Waals surface area contributed by atoms with Crippen molar-refractivity contribution in [3.8, 4) is 0 Å². The Kier molecular flexibility index (Phi) is 2.46. The molecule has 0 aromatic carbocycles. The van der Waals surface area contributed by atoms with E-state index in [9.17, 15) is 9.59 Å². The molecule has 1 aliphatic heterocycles. The van der Waals surface area contributed by atoms with Crippen LogP contribution in [0.15, 0.2) is 0 Å². The van der Waals surface area contributed by atoms with E-state index in [1.54, 1.807) is 6.92 Å². The first-order valence-corrected chi connectivity index (χ1v) is 3.67. The number of nitrogens with one attached hydrogen (secondary N) is 1. The van der Waals surface area contributed by atoms with Crippen LogP contribution in [0.5, 0.6) is 0 Å². The van der Waals surface area contributed by atoms with E-state index in [1.165, 1.54) is 0 Å². The van der Waals surface area contributed by atoms with E-state index >= 15 is 0 Å². The summed E-state index contributed by atoms with van der Waals surface area (Å²) in [6, 6.07) is 0.0153. The van der Waals surface area contributed by atoms with Gasteiger partial charge in [0.05, 0.1) is 13.0 Å². The third kappa shape index (κ3) is 2.22. The summed E-state index contributed by atoms with van der Waals surface area (Å²) in [6.45, 7) is 2.16. The quantitative estimate of drug-likeness (QED) is 0.457. The second kappa shape index (κ2) is 3.37. The Bertz CT molecular complexity index is 171. The summed E-state index contributed by atoms with van der Waals surface area (Å²) in [5.41, 5.74) is 0. The second-order valence-corrected chi connectivity index (χ2v) is 2.48. The largest absolute Gasteiger partial charge is 0.466 e. The summed E-state index contributed by atoms with van der Waals surface area (Å²) in [7, 11) is 0. The lowest BCUT2D eigenvalue weighted by atomic mass is 10.0. The topological polar surface area (TPSA) is 55.4 Å². The summed E-state index contributed by atoms with van der Waals surface area (Å²) >= 11 is 0. The van der Waals surface area contributed by atoms with Crippen molar-refractivity contribution in [2.75, 3.05) is 6.61 Å². The van der Waals surface area contributed by atoms with Gasteiger partial charge in [-0.3, -0.25) is 9.59 Å². The van der Waals surface area contributed by atoms with Crippen molar-refractivity contribution in [3.05, 3.63) is 0 Å². The van der Waals surface area contributed by atoms with E-state index < -0.39 is 0 Å². The van der Waals surface area contributed by atoms with E-state index in [-0.39, 0.29) is 17.9 Å². The Morgan fingerprint density at radius 2 is 2.45 bits per heavy atom. The first-order chi connectivity index (χ1) is 5.22. The average Bonchev–Trinajstić information content (AvgIpc) is 1.85. The highest BCUT2D eigenvalue weighted by Gasteiger charge is 2.27. The maximum absolute atomic E-state index is 10.8. The molecule has 1 atom stereocenters. The molecule has 11 heavy (non-hydrogen) atoms. The van der Waals surface area contributed by atoms with Crippen LogP contribution in [0, 0.1) is 0 Å². The number of amides is 1. The smallest absolute Gasteiger partial charge is 0.307 e. The van der Waals surface area contributed by atoms with Crippen LogP contribution in [-0.2, 0) is 14.3 Å². The highest BCUT2D eigenvalue weighted by Crippen LogP contribution is 2.08. The normalized spacial score (nSPS) is 21.9. The van der Waals surface area contributed by atoms with Gasteiger partial charge in [0, 0.05) is 12.5 Å². The van der Waals surface area contributed by atoms with Crippen LogP contribution in [0.1, 0.15) is 19.8 Å². The summed E-state index contributed by atoms with van der Waals surface area (Å²) < 4.78 is 4.69. The van der Waals surface area contributed by atoms with Crippen molar-refractivity contribution >= 4 is 11.9 Å². The maximum Gasteiger partial charge on any atom is 0.307 e. The first-order valence-electron chi connectivity index (χ1n) is 3.67. The molecule has 0 spiro atoms. The molecule has 1 heterocycles. The zero-order valence-corrected chi connectivity index (χ0v) is 6.42. The molecule has 0 aliphatic carbocycles. The SMILES string of the molecule is CCOC(=O)CC1CC(=O)N1. The van der Waals surface area contributed by atoms with Gasteiger partial charge < -0.3 is 10.1 Å². The Labute approximate surface area is 64.9 Å². The second-order valence-electron chi connectivity index (χ2n) is 2.48. The average molecular weight is 157 g/mol. The van der Waals surface area contributed by atoms with Gasteiger partial charge in [-0.2, -0.15) is 0 Å². The molecule has 62 valence electrons. The minimum atomic E-state index is -0.238. The van der Waals surface area contributed by atoms with Crippen LogP contribution in [-0.4, -0.2) is 24.5 Å². The molecule has 1 amide bonds. The molecular weight excluding hydrogens is 146 g/mol. The van der Waals surface area contributed by atoms with Gasteiger partial charge in [-0.1, -0.05) is 0 Å². The molecule has 0 saturated carbocycles. The van der Waals surface area contributed by atoms with Crippen LogP contribution in [0.2, 0.25) is 0 Å². The van der Waals surface area contributed by atoms with Crippen LogP contribution < -0.4 is 5.32 Å². The van der Waals surface area contributed by atoms with Gasteiger partial charge in [-0.05, 0) is 6.92 Å². The zero-order chi connectivity index (χ0) is 8.27. The van der Waals surface area contributed by atoms with Crippen LogP contribution in [0.25, 0.3) is 0 Å². The first kappa shape index (κ1) is 8.04. The number of hydrogen-bond acceptors (Lipinski definition) is 3. The monoisotopic (exact) mass is 157 g/mol. The van der Waals surface area contributed by atoms with Crippen molar-refractivity contribution < 1.29 is 14.3 Å². The fraction of sp³-hybridized carbons (Fsp3) is 0.714. The van der Waals surface area contributed by atoms with Crippen molar-refractivity contribution in [2.24, 2.45) is 0 Å². The number of carbonyl (C=O) groups is 2. The molecule has 4 heteroatoms. The Balaban J connectivity index is 2.11. The molecule has 4 nitrogen and oxygen atoms in total. The molecular formula is C7H11NO3. The van der Waals surface area contributed by atoms with Gasteiger partial charge in [0.1, 0.15) is 0 Å². The number of hydrogen-bond donors (Lipinski definition) is 1. The zero-order valence-electron chi connectivity index (χ0n) is 6.42. The van der Waals surface area contributed by atoms with Crippen LogP contribution in [0.3, 0.4) is 0 Å². The van der Waals surface area contributed by atoms with Crippen LogP contribution >= 0.6 is 0 Å². The molecule has 1 fully saturated rings. The fourth-order valence-corrected chi connectivity index (χ4v) is 0.975. The van der Waals surface area contributed by atoms with Crippen molar-refractivity contribution in [1.82, 2.24) is 5.32 Å². The number of carbonyl (C=O) groups excluding carboxylic acids is 2. The van der Waals surface area contributed by atoms with Crippen molar-refractivity contribution in [3.63, 3.8) is 0 Å². The molecule has 0 aromatic rings. The molecule has 0 aromatic heterocycles. The van der Waals surface area contributed by atoms with Gasteiger partial charge in [0.25, 0.3) is 0 Å². The van der Waals surface area contributed by atoms with Crippen molar-refractivity contribution in [1.29, 1.82) is 0 Å². The van der Waals surface area contributed by atoms with E-state index in [2.05, 4.69) is 5.32 Å². The van der Waals surface area contributed by atoms with Crippen LogP contribution in [0.4, 0.5) is 0 Å². The predicted octanol–water partition coefficient (Wildman–Crippen LogP) is -0.172. The molecule has 1 saturated heterocycles. The molecule has 1 rings (SSSR count). The van der Waals surface area contributed by atoms with Gasteiger partial charge in [-0.25, -0.2) is 0 Å². The Hall–Kier alpha value is -1.06. The lowest BCUT2D eigenvalue weighted by molar-refractivity contribution is -0.145. The third-order valence-corrected chi connectivity index (χ3v) is 1.52. The summed E-state index contributed by atoms with van der Waals surface area (Å²) in [5, 5.41) is 2.59. The summed E-state index contributed by atoms with van der Waals surface area (Å²) in [5.74, 6) is -0.225. The highest BCUT2D eigenvalue weighted by atomic mass is 16.5. The number of β-lactam (4-membered cyclic amide) rings is 1. The lowest BCUT2D eigenvalue weighted by Gasteiger charge is -2.25. The van der Waals surface area contributed by atoms with Gasteiger partial charge in [0.2, 0.25) is 5.91 Å². The van der Waals surface area contributed by atoms with E-state index in [0.29, 0.717) is 19.4 Å². The van der Waals surface area contributed by atoms with Gasteiger partial charge in [-0.15, -0.1) is 0 Å². The highest BCUT2D eigenvalue weighted by molar-refractivity contribution is 5.85. The molecule has 0 bridgehead atoms. The number of esters is 1. The minimum absolute atomic E-state index is 0.0132. The van der Waals surface area contributed by atoms with Crippen molar-refractivity contribution in [2.45, 2.75) is 25.8 Å². The standard InChI is InChI=1S/C7H11NO3/c1-2-11-7(10)4-5-3-6(9)8-5/h5H,2-4H2,1H3,(H,8,9). The Morgan fingerprint density at radius 1 is 1.82 bits per heavy atom. The fourth-order valence-electron chi connectivity index (χ4n) is 0.975. The number of ether oxygens (including phenoxy) is 1. The molecule has 1 unspecified atom stereocenters. The van der Waals surface area contributed by atoms with Gasteiger partial charge >= 0.3 is 5.97 Å². The summed E-state index contributed by atoms with van der Waals surface area (Å²) in [6.07, 6.45) is 0.762. The van der Waals surface area contributed by atoms with E-state index in [1.807, 2.05) is 0 Å². The van der Waals surface area contributed by atoms with E-state index in [4.69, 9.17) is 4.74 Å². The Morgan fingerprint density at radius 3 is 2.91 bits per heavy atom. The number of rotatable bonds is 3. The lowest BCUT2D eigenvalue weighted by Crippen LogP contribution is -2.49. The molecule has 0 radical (unpaired) electrons.